The molecule has 4 atom stereocenters. The Hall–Kier alpha value is -2.37. The molecule has 2 fully saturated rings. The van der Waals surface area contributed by atoms with E-state index in [-0.39, 0.29) is 30.2 Å². The van der Waals surface area contributed by atoms with E-state index in [2.05, 4.69) is 5.32 Å². The molecule has 4 rings (SSSR count). The summed E-state index contributed by atoms with van der Waals surface area (Å²) in [4.78, 5) is 38.6. The molecule has 6 heteroatoms. The van der Waals surface area contributed by atoms with E-state index in [4.69, 9.17) is 0 Å². The first-order valence-corrected chi connectivity index (χ1v) is 9.97. The monoisotopic (exact) mass is 370 g/mol. The average Bonchev–Trinajstić information content (AvgIpc) is 3.06. The maximum absolute atomic E-state index is 12.9. The Balaban J connectivity index is 1.42. The van der Waals surface area contributed by atoms with Gasteiger partial charge >= 0.3 is 5.97 Å². The van der Waals surface area contributed by atoms with Crippen molar-refractivity contribution in [2.24, 2.45) is 11.8 Å². The third-order valence-corrected chi connectivity index (χ3v) is 6.48. The number of nitrogens with one attached hydrogen (secondary N) is 1. The molecule has 2 aliphatic heterocycles. The number of carbonyl (C=O) groups is 3. The molecule has 3 aliphatic rings. The van der Waals surface area contributed by atoms with Crippen LogP contribution in [0.3, 0.4) is 0 Å². The van der Waals surface area contributed by atoms with E-state index < -0.39 is 12.0 Å². The molecule has 1 saturated heterocycles. The summed E-state index contributed by atoms with van der Waals surface area (Å²) in [7, 11) is 0. The number of likely N-dealkylation sites (tertiary alicyclic amines) is 1. The molecule has 2 N–H and O–H groups in total. The van der Waals surface area contributed by atoms with Crippen LogP contribution in [0, 0.1) is 11.8 Å². The molecule has 0 spiro atoms. The lowest BCUT2D eigenvalue weighted by molar-refractivity contribution is -0.150. The van der Waals surface area contributed by atoms with Crippen LogP contribution in [0.2, 0.25) is 0 Å². The molecule has 1 aromatic carbocycles. The molecule has 1 saturated carbocycles. The maximum Gasteiger partial charge on any atom is 0.326 e. The van der Waals surface area contributed by atoms with E-state index >= 15 is 0 Å². The van der Waals surface area contributed by atoms with Gasteiger partial charge in [0.05, 0.1) is 0 Å². The van der Waals surface area contributed by atoms with E-state index in [1.54, 1.807) is 4.90 Å². The summed E-state index contributed by atoms with van der Waals surface area (Å²) in [5.74, 6) is -0.982. The Bertz CT molecular complexity index is 762. The molecular formula is C21H26N2O4. The number of amides is 2. The Morgan fingerprint density at radius 2 is 1.96 bits per heavy atom. The van der Waals surface area contributed by atoms with Crippen LogP contribution in [-0.2, 0) is 20.8 Å². The van der Waals surface area contributed by atoms with Crippen LogP contribution in [0.4, 0.5) is 5.69 Å². The van der Waals surface area contributed by atoms with Crippen molar-refractivity contribution in [3.63, 3.8) is 0 Å². The lowest BCUT2D eigenvalue weighted by atomic mass is 9.84. The van der Waals surface area contributed by atoms with Gasteiger partial charge in [-0.1, -0.05) is 31.0 Å². The van der Waals surface area contributed by atoms with Crippen molar-refractivity contribution in [3.05, 3.63) is 29.8 Å². The van der Waals surface area contributed by atoms with E-state index in [1.165, 1.54) is 0 Å². The first kappa shape index (κ1) is 18.0. The normalized spacial score (nSPS) is 29.6. The molecule has 0 radical (unpaired) electrons. The lowest BCUT2D eigenvalue weighted by Gasteiger charge is -2.33. The zero-order chi connectivity index (χ0) is 19.0. The second-order valence-electron chi connectivity index (χ2n) is 8.09. The summed E-state index contributed by atoms with van der Waals surface area (Å²) in [5, 5.41) is 12.5. The van der Waals surface area contributed by atoms with E-state index in [0.717, 1.165) is 36.9 Å². The van der Waals surface area contributed by atoms with Crippen molar-refractivity contribution in [3.8, 4) is 0 Å². The highest BCUT2D eigenvalue weighted by atomic mass is 16.4. The molecular weight excluding hydrogens is 344 g/mol. The minimum absolute atomic E-state index is 0.0479. The van der Waals surface area contributed by atoms with Crippen molar-refractivity contribution in [2.75, 3.05) is 5.32 Å². The number of anilines is 1. The van der Waals surface area contributed by atoms with Crippen LogP contribution in [-0.4, -0.2) is 39.9 Å². The summed E-state index contributed by atoms with van der Waals surface area (Å²) in [6, 6.07) is 7.09. The van der Waals surface area contributed by atoms with E-state index in [1.807, 2.05) is 24.3 Å². The van der Waals surface area contributed by atoms with Crippen LogP contribution in [0.15, 0.2) is 24.3 Å². The van der Waals surface area contributed by atoms with Crippen molar-refractivity contribution >= 4 is 23.5 Å². The first-order chi connectivity index (χ1) is 13.0. The lowest BCUT2D eigenvalue weighted by Crippen LogP contribution is -2.46. The predicted octanol–water partition coefficient (Wildman–Crippen LogP) is 2.82. The van der Waals surface area contributed by atoms with Gasteiger partial charge in [0.2, 0.25) is 11.8 Å². The smallest absolute Gasteiger partial charge is 0.326 e. The van der Waals surface area contributed by atoms with Gasteiger partial charge in [0.15, 0.2) is 0 Å². The predicted molar refractivity (Wildman–Crippen MR) is 100 cm³/mol. The number of hydrogen-bond donors (Lipinski definition) is 2. The van der Waals surface area contributed by atoms with Gasteiger partial charge in [-0.2, -0.15) is 0 Å². The molecule has 27 heavy (non-hydrogen) atoms. The average molecular weight is 370 g/mol. The minimum atomic E-state index is -0.901. The minimum Gasteiger partial charge on any atom is -0.480 e. The number of rotatable bonds is 4. The second-order valence-corrected chi connectivity index (χ2v) is 8.09. The molecule has 0 bridgehead atoms. The SMILES string of the molecule is O=C1Nc2ccccc2C[C@@H]1CCC(=O)N1[C@@H]2CCCC[C@@H]2C[C@H]1C(=O)O. The zero-order valence-corrected chi connectivity index (χ0v) is 15.4. The maximum atomic E-state index is 12.9. The summed E-state index contributed by atoms with van der Waals surface area (Å²) >= 11 is 0. The quantitative estimate of drug-likeness (QED) is 0.853. The van der Waals surface area contributed by atoms with Gasteiger partial charge in [0.1, 0.15) is 6.04 Å². The van der Waals surface area contributed by atoms with Crippen molar-refractivity contribution < 1.29 is 19.5 Å². The standard InChI is InChI=1S/C21H26N2O4/c24-19(23-17-8-4-2-6-14(17)12-18(23)21(26)27)10-9-15-11-13-5-1-3-7-16(13)22-20(15)25/h1,3,5,7,14-15,17-18H,2,4,6,8-12H2,(H,22,25)(H,26,27)/t14-,15+,17-,18+/m1/s1. The van der Waals surface area contributed by atoms with Crippen LogP contribution in [0.5, 0.6) is 0 Å². The van der Waals surface area contributed by atoms with Gasteiger partial charge in [-0.05, 0) is 49.7 Å². The molecule has 0 unspecified atom stereocenters. The first-order valence-electron chi connectivity index (χ1n) is 9.97. The number of carbonyl (C=O) groups excluding carboxylic acids is 2. The van der Waals surface area contributed by atoms with Crippen molar-refractivity contribution in [2.45, 2.75) is 63.5 Å². The zero-order valence-electron chi connectivity index (χ0n) is 15.4. The molecule has 1 aromatic rings. The fourth-order valence-corrected chi connectivity index (χ4v) is 5.11. The number of fused-ring (bicyclic) bond motifs is 2. The number of para-hydroxylation sites is 1. The van der Waals surface area contributed by atoms with Crippen molar-refractivity contribution in [1.82, 2.24) is 4.90 Å². The van der Waals surface area contributed by atoms with E-state index in [0.29, 0.717) is 25.2 Å². The fraction of sp³-hybridized carbons (Fsp3) is 0.571. The van der Waals surface area contributed by atoms with Gasteiger partial charge in [0.25, 0.3) is 0 Å². The Morgan fingerprint density at radius 3 is 2.78 bits per heavy atom. The molecule has 2 heterocycles. The van der Waals surface area contributed by atoms with Crippen LogP contribution in [0.25, 0.3) is 0 Å². The van der Waals surface area contributed by atoms with Gasteiger partial charge in [-0.25, -0.2) is 4.79 Å². The number of nitrogens with zero attached hydrogens (tertiary/aromatic N) is 1. The number of benzene rings is 1. The largest absolute Gasteiger partial charge is 0.480 e. The number of aliphatic carboxylic acids is 1. The number of carboxylic acid groups (broad SMARTS) is 1. The summed E-state index contributed by atoms with van der Waals surface area (Å²) in [5.41, 5.74) is 1.94. The Morgan fingerprint density at radius 1 is 1.19 bits per heavy atom. The third kappa shape index (κ3) is 3.45. The highest BCUT2D eigenvalue weighted by Crippen LogP contribution is 2.40. The van der Waals surface area contributed by atoms with Gasteiger partial charge in [-0.15, -0.1) is 0 Å². The third-order valence-electron chi connectivity index (χ3n) is 6.48. The Kier molecular flexibility index (Phi) is 4.89. The van der Waals surface area contributed by atoms with Crippen LogP contribution in [0.1, 0.15) is 50.5 Å². The van der Waals surface area contributed by atoms with Crippen LogP contribution < -0.4 is 5.32 Å². The van der Waals surface area contributed by atoms with Gasteiger partial charge < -0.3 is 15.3 Å². The number of hydrogen-bond acceptors (Lipinski definition) is 3. The highest BCUT2D eigenvalue weighted by Gasteiger charge is 2.47. The van der Waals surface area contributed by atoms with E-state index in [9.17, 15) is 19.5 Å². The second kappa shape index (κ2) is 7.33. The molecule has 1 aliphatic carbocycles. The molecule has 6 nitrogen and oxygen atoms in total. The topological polar surface area (TPSA) is 86.7 Å². The number of carboxylic acids is 1. The molecule has 2 amide bonds. The molecule has 144 valence electrons. The summed E-state index contributed by atoms with van der Waals surface area (Å²) in [6.07, 6.45) is 5.98. The van der Waals surface area contributed by atoms with Gasteiger partial charge in [-0.3, -0.25) is 9.59 Å². The molecule has 0 aromatic heterocycles. The van der Waals surface area contributed by atoms with Crippen molar-refractivity contribution in [1.29, 1.82) is 0 Å². The summed E-state index contributed by atoms with van der Waals surface area (Å²) < 4.78 is 0. The fourth-order valence-electron chi connectivity index (χ4n) is 5.11. The summed E-state index contributed by atoms with van der Waals surface area (Å²) in [6.45, 7) is 0. The van der Waals surface area contributed by atoms with Gasteiger partial charge in [0, 0.05) is 24.1 Å². The van der Waals surface area contributed by atoms with Crippen LogP contribution >= 0.6 is 0 Å². The highest BCUT2D eigenvalue weighted by molar-refractivity contribution is 5.96. The Labute approximate surface area is 158 Å².